The van der Waals surface area contributed by atoms with E-state index < -0.39 is 44.5 Å². The van der Waals surface area contributed by atoms with Crippen LogP contribution in [0.5, 0.6) is 0 Å². The molecule has 0 saturated heterocycles. The summed E-state index contributed by atoms with van der Waals surface area (Å²) in [4.78, 5) is 42.9. The predicted octanol–water partition coefficient (Wildman–Crippen LogP) is 2.62. The highest BCUT2D eigenvalue weighted by Gasteiger charge is 2.52. The number of amides is 2. The molecule has 3 aromatic rings. The van der Waals surface area contributed by atoms with Gasteiger partial charge in [0.2, 0.25) is 0 Å². The molecule has 0 spiro atoms. The highest BCUT2D eigenvalue weighted by molar-refractivity contribution is 7.91. The molecule has 3 aliphatic carbocycles. The summed E-state index contributed by atoms with van der Waals surface area (Å²) in [6.07, 6.45) is 5.69. The second kappa shape index (κ2) is 10.3. The zero-order valence-corrected chi connectivity index (χ0v) is 22.7. The third-order valence-corrected chi connectivity index (χ3v) is 9.06. The van der Waals surface area contributed by atoms with Gasteiger partial charge in [-0.05, 0) is 61.6 Å². The van der Waals surface area contributed by atoms with Gasteiger partial charge in [-0.25, -0.2) is 26.7 Å². The van der Waals surface area contributed by atoms with Gasteiger partial charge in [-0.3, -0.25) is 14.4 Å². The molecule has 212 valence electrons. The highest BCUT2D eigenvalue weighted by atomic mass is 32.2. The van der Waals surface area contributed by atoms with E-state index in [9.17, 15) is 31.6 Å². The van der Waals surface area contributed by atoms with Crippen molar-refractivity contribution in [1.29, 1.82) is 0 Å². The first-order chi connectivity index (χ1) is 18.9. The van der Waals surface area contributed by atoms with Crippen LogP contribution in [0.4, 0.5) is 8.78 Å². The zero-order valence-electron chi connectivity index (χ0n) is 21.9. The number of hydrogen-bond donors (Lipinski definition) is 2. The lowest BCUT2D eigenvalue weighted by molar-refractivity contribution is -0.135. The van der Waals surface area contributed by atoms with Crippen molar-refractivity contribution in [2.24, 2.45) is 10.8 Å². The lowest BCUT2D eigenvalue weighted by Gasteiger charge is -2.52. The Morgan fingerprint density at radius 1 is 0.975 bits per heavy atom. The summed E-state index contributed by atoms with van der Waals surface area (Å²) in [5.41, 5.74) is -0.731. The Kier molecular flexibility index (Phi) is 7.19. The minimum atomic E-state index is -3.41. The van der Waals surface area contributed by atoms with Crippen LogP contribution in [0.2, 0.25) is 0 Å². The number of sulfone groups is 1. The van der Waals surface area contributed by atoms with Crippen LogP contribution in [-0.2, 0) is 21.2 Å². The van der Waals surface area contributed by atoms with Crippen molar-refractivity contribution in [3.8, 4) is 0 Å². The molecule has 3 aliphatic rings. The molecule has 10 nitrogen and oxygen atoms in total. The number of nitrogens with one attached hydrogen (secondary N) is 2. The predicted molar refractivity (Wildman–Crippen MR) is 140 cm³/mol. The molecule has 6 rings (SSSR count). The highest BCUT2D eigenvalue weighted by Crippen LogP contribution is 2.57. The Hall–Kier alpha value is -3.74. The van der Waals surface area contributed by atoms with Gasteiger partial charge >= 0.3 is 0 Å². The monoisotopic (exact) mass is 573 g/mol. The molecule has 2 heterocycles. The number of carbonyl (C=O) groups is 3. The summed E-state index contributed by atoms with van der Waals surface area (Å²) in [5, 5.41) is 9.44. The molecule has 13 heteroatoms. The fourth-order valence-electron chi connectivity index (χ4n) is 5.79. The van der Waals surface area contributed by atoms with Gasteiger partial charge in [0.05, 0.1) is 6.20 Å². The Morgan fingerprint density at radius 3 is 2.25 bits per heavy atom. The summed E-state index contributed by atoms with van der Waals surface area (Å²) in [6, 6.07) is 6.80. The summed E-state index contributed by atoms with van der Waals surface area (Å²) in [6.45, 7) is 0.383. The summed E-state index contributed by atoms with van der Waals surface area (Å²) >= 11 is 0. The van der Waals surface area contributed by atoms with Crippen LogP contribution in [-0.4, -0.2) is 59.2 Å². The molecule has 3 fully saturated rings. The van der Waals surface area contributed by atoms with Crippen LogP contribution < -0.4 is 10.6 Å². The first kappa shape index (κ1) is 27.8. The Balaban J connectivity index is 1.28. The number of rotatable bonds is 9. The molecular weight excluding hydrogens is 544 g/mol. The number of ketones is 1. The minimum absolute atomic E-state index is 0.0680. The Bertz CT molecular complexity index is 1580. The van der Waals surface area contributed by atoms with Gasteiger partial charge in [0.1, 0.15) is 23.0 Å². The number of carbonyl (C=O) groups excluding carboxylic acids is 3. The third-order valence-electron chi connectivity index (χ3n) is 8.27. The molecule has 40 heavy (non-hydrogen) atoms. The molecule has 0 aliphatic heterocycles. The van der Waals surface area contributed by atoms with Gasteiger partial charge < -0.3 is 10.6 Å². The number of Topliss-reactive ketones (excluding diaryl/α,β-unsaturated/α-hetero) is 1. The van der Waals surface area contributed by atoms with Crippen molar-refractivity contribution in [3.63, 3.8) is 0 Å². The molecule has 0 atom stereocenters. The standard InChI is InChI=1S/C27H29F2N5O5S/c1-40(38,39)15-22(35)27-9-6-26(7-10-27,8-11-27)16-31-25(37)21-12-20(33-23-19(29)14-32-34(21)23)24(36)30-13-17-2-4-18(28)5-3-17/h2-5,12,14H,6-11,13,15-16H2,1H3,(H,30,36)(H,31,37). The van der Waals surface area contributed by atoms with Gasteiger partial charge in [0.15, 0.2) is 27.1 Å². The SMILES string of the molecule is CS(=O)(=O)CC(=O)C12CCC(CNC(=O)c3cc(C(=O)NCc4ccc(F)cc4)nc4c(F)cnn34)(CC1)CC2. The van der Waals surface area contributed by atoms with Crippen LogP contribution >= 0.6 is 0 Å². The van der Waals surface area contributed by atoms with E-state index in [0.29, 0.717) is 50.6 Å². The summed E-state index contributed by atoms with van der Waals surface area (Å²) in [5.74, 6) is -3.08. The lowest BCUT2D eigenvalue weighted by Crippen LogP contribution is -2.51. The fourth-order valence-corrected chi connectivity index (χ4v) is 6.57. The number of fused-ring (bicyclic) bond motifs is 4. The first-order valence-electron chi connectivity index (χ1n) is 12.9. The number of hydrogen-bond acceptors (Lipinski definition) is 7. The van der Waals surface area contributed by atoms with E-state index in [1.54, 1.807) is 0 Å². The number of nitrogens with zero attached hydrogens (tertiary/aromatic N) is 3. The average Bonchev–Trinajstić information content (AvgIpc) is 3.31. The number of halogens is 2. The number of aromatic nitrogens is 3. The van der Waals surface area contributed by atoms with Gasteiger partial charge in [-0.2, -0.15) is 5.10 Å². The second-order valence-electron chi connectivity index (χ2n) is 11.0. The maximum atomic E-state index is 14.4. The van der Waals surface area contributed by atoms with Crippen molar-refractivity contribution < 1.29 is 31.6 Å². The largest absolute Gasteiger partial charge is 0.350 e. The van der Waals surface area contributed by atoms with E-state index in [-0.39, 0.29) is 34.8 Å². The third kappa shape index (κ3) is 5.60. The Morgan fingerprint density at radius 2 is 1.62 bits per heavy atom. The van der Waals surface area contributed by atoms with E-state index >= 15 is 0 Å². The minimum Gasteiger partial charge on any atom is -0.350 e. The van der Waals surface area contributed by atoms with Crippen molar-refractivity contribution >= 4 is 33.1 Å². The summed E-state index contributed by atoms with van der Waals surface area (Å²) < 4.78 is 51.9. The van der Waals surface area contributed by atoms with Crippen LogP contribution in [0.25, 0.3) is 5.65 Å². The van der Waals surface area contributed by atoms with E-state index in [1.807, 2.05) is 0 Å². The van der Waals surface area contributed by atoms with Gasteiger partial charge in [-0.15, -0.1) is 0 Å². The maximum absolute atomic E-state index is 14.4. The van der Waals surface area contributed by atoms with Gasteiger partial charge in [0, 0.05) is 30.8 Å². The second-order valence-corrected chi connectivity index (χ2v) is 13.2. The molecule has 0 radical (unpaired) electrons. The van der Waals surface area contributed by atoms with E-state index in [4.69, 9.17) is 0 Å². The van der Waals surface area contributed by atoms with Crippen molar-refractivity contribution in [2.75, 3.05) is 18.6 Å². The summed E-state index contributed by atoms with van der Waals surface area (Å²) in [7, 11) is -3.41. The van der Waals surface area contributed by atoms with Crippen LogP contribution in [0.15, 0.2) is 36.5 Å². The lowest BCUT2D eigenvalue weighted by atomic mass is 9.52. The van der Waals surface area contributed by atoms with Crippen LogP contribution in [0.1, 0.15) is 65.1 Å². The van der Waals surface area contributed by atoms with Crippen molar-refractivity contribution in [3.05, 3.63) is 65.1 Å². The van der Waals surface area contributed by atoms with Gasteiger partial charge in [-0.1, -0.05) is 12.1 Å². The normalized spacial score (nSPS) is 22.3. The van der Waals surface area contributed by atoms with Gasteiger partial charge in [0.25, 0.3) is 11.8 Å². The van der Waals surface area contributed by atoms with Crippen LogP contribution in [0, 0.1) is 22.5 Å². The molecule has 2 aromatic heterocycles. The maximum Gasteiger partial charge on any atom is 0.270 e. The number of benzene rings is 1. The van der Waals surface area contributed by atoms with E-state index in [2.05, 4.69) is 20.7 Å². The molecular formula is C27H29F2N5O5S. The smallest absolute Gasteiger partial charge is 0.270 e. The first-order valence-corrected chi connectivity index (χ1v) is 15.0. The molecule has 2 bridgehead atoms. The van der Waals surface area contributed by atoms with Crippen LogP contribution in [0.3, 0.4) is 0 Å². The topological polar surface area (TPSA) is 140 Å². The van der Waals surface area contributed by atoms with Crippen molar-refractivity contribution in [1.82, 2.24) is 25.2 Å². The quantitative estimate of drug-likeness (QED) is 0.401. The molecule has 1 aromatic carbocycles. The molecule has 0 unspecified atom stereocenters. The molecule has 2 N–H and O–H groups in total. The molecule has 2 amide bonds. The fraction of sp³-hybridized carbons (Fsp3) is 0.444. The average molecular weight is 574 g/mol. The van der Waals surface area contributed by atoms with Crippen molar-refractivity contribution in [2.45, 2.75) is 45.1 Å². The Labute approximate surface area is 229 Å². The zero-order chi connectivity index (χ0) is 28.7. The van der Waals surface area contributed by atoms with E-state index in [1.165, 1.54) is 30.3 Å². The van der Waals surface area contributed by atoms with E-state index in [0.717, 1.165) is 17.0 Å². The molecule has 3 saturated carbocycles.